The van der Waals surface area contributed by atoms with E-state index in [1.165, 1.54) is 24.6 Å². The van der Waals surface area contributed by atoms with Crippen molar-refractivity contribution in [3.63, 3.8) is 0 Å². The molecular formula is C19H18ClN7OS2. The zero-order valence-electron chi connectivity index (χ0n) is 16.1. The second kappa shape index (κ2) is 8.01. The van der Waals surface area contributed by atoms with E-state index >= 15 is 0 Å². The minimum atomic E-state index is -0.139. The molecule has 0 bridgehead atoms. The Balaban J connectivity index is 1.32. The number of aryl methyl sites for hydroxylation is 1. The summed E-state index contributed by atoms with van der Waals surface area (Å²) < 4.78 is 2.73. The fourth-order valence-electron chi connectivity index (χ4n) is 3.32. The van der Waals surface area contributed by atoms with Crippen molar-refractivity contribution in [1.29, 1.82) is 0 Å². The maximum absolute atomic E-state index is 12.3. The number of nitrogens with one attached hydrogen (secondary N) is 1. The highest BCUT2D eigenvalue weighted by atomic mass is 35.5. The second-order valence-electron chi connectivity index (χ2n) is 7.06. The van der Waals surface area contributed by atoms with Gasteiger partial charge in [0.05, 0.1) is 5.75 Å². The van der Waals surface area contributed by atoms with E-state index in [0.717, 1.165) is 34.1 Å². The highest BCUT2D eigenvalue weighted by Gasteiger charge is 2.20. The first kappa shape index (κ1) is 19.5. The molecule has 1 amide bonds. The van der Waals surface area contributed by atoms with E-state index in [1.54, 1.807) is 23.7 Å². The molecular weight excluding hydrogens is 442 g/mol. The van der Waals surface area contributed by atoms with E-state index in [0.29, 0.717) is 21.5 Å². The third-order valence-corrected chi connectivity index (χ3v) is 7.38. The van der Waals surface area contributed by atoms with Gasteiger partial charge in [0, 0.05) is 23.8 Å². The van der Waals surface area contributed by atoms with Crippen molar-refractivity contribution < 1.29 is 4.79 Å². The highest BCUT2D eigenvalue weighted by molar-refractivity contribution is 7.99. The molecule has 4 aromatic rings. The van der Waals surface area contributed by atoms with Crippen LogP contribution in [0.25, 0.3) is 16.0 Å². The number of carbonyl (C=O) groups excluding carboxylic acids is 1. The predicted octanol–water partition coefficient (Wildman–Crippen LogP) is 4.03. The molecule has 8 nitrogen and oxygen atoms in total. The maximum Gasteiger partial charge on any atom is 0.234 e. The van der Waals surface area contributed by atoms with Crippen LogP contribution < -0.4 is 10.2 Å². The van der Waals surface area contributed by atoms with Gasteiger partial charge in [-0.2, -0.15) is 4.98 Å². The quantitative estimate of drug-likeness (QED) is 0.451. The lowest BCUT2D eigenvalue weighted by Gasteiger charge is -2.11. The summed E-state index contributed by atoms with van der Waals surface area (Å²) in [5.74, 6) is 0.0614. The fraction of sp³-hybridized carbons (Fsp3) is 0.316. The first-order valence-corrected chi connectivity index (χ1v) is 11.7. The molecule has 154 valence electrons. The summed E-state index contributed by atoms with van der Waals surface area (Å²) in [6, 6.07) is 5.45. The predicted molar refractivity (Wildman–Crippen MR) is 121 cm³/mol. The zero-order chi connectivity index (χ0) is 20.7. The van der Waals surface area contributed by atoms with Crippen LogP contribution in [-0.2, 0) is 4.79 Å². The summed E-state index contributed by atoms with van der Waals surface area (Å²) >= 11 is 9.02. The molecule has 1 saturated heterocycles. The molecule has 4 heterocycles. The summed E-state index contributed by atoms with van der Waals surface area (Å²) in [7, 11) is 0. The van der Waals surface area contributed by atoms with E-state index in [-0.39, 0.29) is 11.7 Å². The number of rotatable bonds is 5. The highest BCUT2D eigenvalue weighted by Crippen LogP contribution is 2.32. The number of thiazole rings is 1. The number of fused-ring (bicyclic) bond motifs is 3. The summed E-state index contributed by atoms with van der Waals surface area (Å²) in [5.41, 5.74) is 3.04. The standard InChI is InChI=1S/C19H18ClN7OS2/c1-11-4-5-12(8-13(11)20)22-14(28)9-29-19-25-24-17-15-16(21-10-27(17)19)23-18(30-15)26-6-2-3-7-26/h4-5,8,10H,2-3,6-7,9H2,1H3,(H,22,28). The van der Waals surface area contributed by atoms with Crippen molar-refractivity contribution in [2.24, 2.45) is 0 Å². The van der Waals surface area contributed by atoms with Gasteiger partial charge >= 0.3 is 0 Å². The molecule has 1 aliphatic heterocycles. The topological polar surface area (TPSA) is 88.3 Å². The normalized spacial score (nSPS) is 14.1. The summed E-state index contributed by atoms with van der Waals surface area (Å²) in [6.45, 7) is 3.98. The molecule has 30 heavy (non-hydrogen) atoms. The van der Waals surface area contributed by atoms with Crippen LogP contribution >= 0.6 is 34.7 Å². The smallest absolute Gasteiger partial charge is 0.234 e. The SMILES string of the molecule is Cc1ccc(NC(=O)CSc2nnc3c4sc(N5CCCC5)nc4ncn23)cc1Cl. The van der Waals surface area contributed by atoms with E-state index in [4.69, 9.17) is 11.6 Å². The first-order valence-electron chi connectivity index (χ1n) is 9.52. The number of hydrogen-bond donors (Lipinski definition) is 1. The van der Waals surface area contributed by atoms with Crippen molar-refractivity contribution in [3.8, 4) is 0 Å². The summed E-state index contributed by atoms with van der Waals surface area (Å²) in [4.78, 5) is 23.8. The fourth-order valence-corrected chi connectivity index (χ4v) is 5.25. The van der Waals surface area contributed by atoms with Gasteiger partial charge in [-0.1, -0.05) is 40.8 Å². The number of halogens is 1. The number of benzene rings is 1. The first-order chi connectivity index (χ1) is 14.6. The lowest BCUT2D eigenvalue weighted by Crippen LogP contribution is -2.16. The average molecular weight is 460 g/mol. The van der Waals surface area contributed by atoms with Gasteiger partial charge in [-0.15, -0.1) is 10.2 Å². The number of carbonyl (C=O) groups is 1. The van der Waals surface area contributed by atoms with Crippen LogP contribution in [0.2, 0.25) is 5.02 Å². The van der Waals surface area contributed by atoms with Crippen LogP contribution in [0.1, 0.15) is 18.4 Å². The molecule has 5 rings (SSSR count). The minimum Gasteiger partial charge on any atom is -0.348 e. The Morgan fingerprint density at radius 1 is 1.30 bits per heavy atom. The van der Waals surface area contributed by atoms with Crippen molar-refractivity contribution >= 4 is 67.4 Å². The van der Waals surface area contributed by atoms with Gasteiger partial charge in [0.1, 0.15) is 11.0 Å². The number of hydrogen-bond acceptors (Lipinski definition) is 8. The monoisotopic (exact) mass is 459 g/mol. The molecule has 0 unspecified atom stereocenters. The van der Waals surface area contributed by atoms with Gasteiger partial charge in [0.2, 0.25) is 5.91 Å². The Labute approximate surface area is 185 Å². The molecule has 0 radical (unpaired) electrons. The summed E-state index contributed by atoms with van der Waals surface area (Å²) in [6.07, 6.45) is 4.06. The average Bonchev–Trinajstić information content (AvgIpc) is 3.47. The molecule has 1 aliphatic rings. The van der Waals surface area contributed by atoms with Gasteiger partial charge in [-0.25, -0.2) is 4.98 Å². The van der Waals surface area contributed by atoms with Crippen LogP contribution in [0.15, 0.2) is 29.7 Å². The molecule has 0 atom stereocenters. The number of nitrogens with zero attached hydrogens (tertiary/aromatic N) is 6. The Morgan fingerprint density at radius 2 is 2.13 bits per heavy atom. The van der Waals surface area contributed by atoms with Crippen molar-refractivity contribution in [1.82, 2.24) is 24.6 Å². The molecule has 1 N–H and O–H groups in total. The summed E-state index contributed by atoms with van der Waals surface area (Å²) in [5, 5.41) is 13.7. The molecule has 0 aliphatic carbocycles. The molecule has 3 aromatic heterocycles. The van der Waals surface area contributed by atoms with Crippen molar-refractivity contribution in [3.05, 3.63) is 35.1 Å². The Hall–Kier alpha value is -2.43. The van der Waals surface area contributed by atoms with Gasteiger partial charge in [-0.05, 0) is 37.5 Å². The lowest BCUT2D eigenvalue weighted by atomic mass is 10.2. The zero-order valence-corrected chi connectivity index (χ0v) is 18.5. The van der Waals surface area contributed by atoms with Crippen molar-refractivity contribution in [2.45, 2.75) is 24.9 Å². The maximum atomic E-state index is 12.3. The Morgan fingerprint density at radius 3 is 2.93 bits per heavy atom. The van der Waals surface area contributed by atoms with E-state index in [9.17, 15) is 4.79 Å². The largest absolute Gasteiger partial charge is 0.348 e. The molecule has 0 saturated carbocycles. The van der Waals surface area contributed by atoms with Gasteiger partial charge < -0.3 is 10.2 Å². The molecule has 1 aromatic carbocycles. The van der Waals surface area contributed by atoms with Crippen LogP contribution in [0, 0.1) is 6.92 Å². The number of thioether (sulfide) groups is 1. The van der Waals surface area contributed by atoms with Gasteiger partial charge in [0.25, 0.3) is 0 Å². The third-order valence-electron chi connectivity index (χ3n) is 4.93. The van der Waals surface area contributed by atoms with Gasteiger partial charge in [0.15, 0.2) is 21.6 Å². The molecule has 11 heteroatoms. The van der Waals surface area contributed by atoms with Crippen LogP contribution in [0.5, 0.6) is 0 Å². The Bertz CT molecular complexity index is 1250. The van der Waals surface area contributed by atoms with Crippen molar-refractivity contribution in [2.75, 3.05) is 29.1 Å². The lowest BCUT2D eigenvalue weighted by molar-refractivity contribution is -0.113. The molecule has 1 fully saturated rings. The third kappa shape index (κ3) is 3.70. The molecule has 0 spiro atoms. The van der Waals surface area contributed by atoms with Crippen LogP contribution in [-0.4, -0.2) is 49.3 Å². The number of aromatic nitrogens is 5. The number of anilines is 2. The van der Waals surface area contributed by atoms with E-state index in [2.05, 4.69) is 30.4 Å². The van der Waals surface area contributed by atoms with Crippen LogP contribution in [0.3, 0.4) is 0 Å². The van der Waals surface area contributed by atoms with Gasteiger partial charge in [-0.3, -0.25) is 9.20 Å². The van der Waals surface area contributed by atoms with E-state index in [1.807, 2.05) is 23.5 Å². The second-order valence-corrected chi connectivity index (χ2v) is 9.39. The van der Waals surface area contributed by atoms with Crippen LogP contribution in [0.4, 0.5) is 10.8 Å². The Kier molecular flexibility index (Phi) is 5.21. The number of amides is 1. The van der Waals surface area contributed by atoms with E-state index < -0.39 is 0 Å². The minimum absolute atomic E-state index is 0.139.